The summed E-state index contributed by atoms with van der Waals surface area (Å²) in [5, 5.41) is 22.9. The molecule has 1 saturated carbocycles. The summed E-state index contributed by atoms with van der Waals surface area (Å²) in [5.74, 6) is 0.224. The van der Waals surface area contributed by atoms with E-state index < -0.39 is 5.60 Å². The molecule has 0 radical (unpaired) electrons. The van der Waals surface area contributed by atoms with Gasteiger partial charge in [0.25, 0.3) is 0 Å². The second-order valence-electron chi connectivity index (χ2n) is 5.51. The highest BCUT2D eigenvalue weighted by Crippen LogP contribution is 2.29. The number of aliphatic hydroxyl groups excluding tert-OH is 1. The Morgan fingerprint density at radius 3 is 2.27 bits per heavy atom. The SMILES string of the molecule is CC(C)C(C)(O)CNC1(CO)CCCC1. The lowest BCUT2D eigenvalue weighted by atomic mass is 9.90. The van der Waals surface area contributed by atoms with Gasteiger partial charge in [-0.3, -0.25) is 0 Å². The third kappa shape index (κ3) is 3.16. The number of β-amino-alcohol motifs (C(OH)–C–C–N with tert-alkyl or cyclic N) is 1. The van der Waals surface area contributed by atoms with Gasteiger partial charge in [0.15, 0.2) is 0 Å². The van der Waals surface area contributed by atoms with Gasteiger partial charge in [-0.2, -0.15) is 0 Å². The van der Waals surface area contributed by atoms with E-state index >= 15 is 0 Å². The van der Waals surface area contributed by atoms with Crippen LogP contribution in [0.15, 0.2) is 0 Å². The van der Waals surface area contributed by atoms with Crippen molar-refractivity contribution < 1.29 is 10.2 Å². The molecule has 1 aliphatic rings. The second-order valence-corrected chi connectivity index (χ2v) is 5.51. The van der Waals surface area contributed by atoms with Gasteiger partial charge in [-0.1, -0.05) is 26.7 Å². The maximum absolute atomic E-state index is 10.1. The van der Waals surface area contributed by atoms with Crippen molar-refractivity contribution >= 4 is 0 Å². The molecule has 1 atom stereocenters. The molecule has 0 aromatic heterocycles. The smallest absolute Gasteiger partial charge is 0.0766 e. The zero-order valence-electron chi connectivity index (χ0n) is 10.2. The fourth-order valence-electron chi connectivity index (χ4n) is 2.01. The molecule has 1 unspecified atom stereocenters. The summed E-state index contributed by atoms with van der Waals surface area (Å²) < 4.78 is 0. The van der Waals surface area contributed by atoms with Crippen LogP contribution in [0.1, 0.15) is 46.5 Å². The van der Waals surface area contributed by atoms with Crippen molar-refractivity contribution in [3.8, 4) is 0 Å². The summed E-state index contributed by atoms with van der Waals surface area (Å²) in [5.41, 5.74) is -0.816. The fraction of sp³-hybridized carbons (Fsp3) is 1.00. The molecule has 0 aromatic carbocycles. The zero-order valence-corrected chi connectivity index (χ0v) is 10.2. The summed E-state index contributed by atoms with van der Waals surface area (Å²) in [4.78, 5) is 0. The number of hydrogen-bond donors (Lipinski definition) is 3. The molecule has 3 N–H and O–H groups in total. The largest absolute Gasteiger partial charge is 0.394 e. The van der Waals surface area contributed by atoms with Gasteiger partial charge in [0.05, 0.1) is 12.2 Å². The van der Waals surface area contributed by atoms with Crippen molar-refractivity contribution in [3.05, 3.63) is 0 Å². The Kier molecular flexibility index (Phi) is 4.15. The molecule has 1 aliphatic carbocycles. The summed E-state index contributed by atoms with van der Waals surface area (Å²) in [6, 6.07) is 0. The van der Waals surface area contributed by atoms with E-state index in [1.54, 1.807) is 0 Å². The molecule has 0 amide bonds. The van der Waals surface area contributed by atoms with Crippen LogP contribution < -0.4 is 5.32 Å². The first-order chi connectivity index (χ1) is 6.92. The molecule has 0 aliphatic heterocycles. The molecule has 15 heavy (non-hydrogen) atoms. The molecular formula is C12H25NO2. The van der Waals surface area contributed by atoms with Crippen LogP contribution in [0.2, 0.25) is 0 Å². The third-order valence-corrected chi connectivity index (χ3v) is 3.93. The molecule has 1 fully saturated rings. The molecule has 90 valence electrons. The van der Waals surface area contributed by atoms with Crippen molar-refractivity contribution in [1.29, 1.82) is 0 Å². The van der Waals surface area contributed by atoms with Crippen molar-refractivity contribution in [2.75, 3.05) is 13.2 Å². The maximum Gasteiger partial charge on any atom is 0.0766 e. The molecule has 3 nitrogen and oxygen atoms in total. The van der Waals surface area contributed by atoms with Gasteiger partial charge in [0.2, 0.25) is 0 Å². The molecule has 1 rings (SSSR count). The molecule has 0 heterocycles. The van der Waals surface area contributed by atoms with Crippen LogP contribution in [0.5, 0.6) is 0 Å². The van der Waals surface area contributed by atoms with E-state index in [9.17, 15) is 10.2 Å². The predicted molar refractivity (Wildman–Crippen MR) is 61.7 cm³/mol. The Hall–Kier alpha value is -0.120. The Morgan fingerprint density at radius 2 is 1.87 bits per heavy atom. The minimum Gasteiger partial charge on any atom is -0.394 e. The van der Waals surface area contributed by atoms with Crippen LogP contribution in [0, 0.1) is 5.92 Å². The highest BCUT2D eigenvalue weighted by molar-refractivity contribution is 4.94. The van der Waals surface area contributed by atoms with Gasteiger partial charge < -0.3 is 15.5 Å². The van der Waals surface area contributed by atoms with E-state index in [0.717, 1.165) is 12.8 Å². The first-order valence-electron chi connectivity index (χ1n) is 6.00. The summed E-state index contributed by atoms with van der Waals surface area (Å²) in [6.07, 6.45) is 4.41. The fourth-order valence-corrected chi connectivity index (χ4v) is 2.01. The van der Waals surface area contributed by atoms with Crippen molar-refractivity contribution in [2.24, 2.45) is 5.92 Å². The van der Waals surface area contributed by atoms with Crippen molar-refractivity contribution in [2.45, 2.75) is 57.6 Å². The monoisotopic (exact) mass is 215 g/mol. The zero-order chi connectivity index (χ0) is 11.5. The normalized spacial score (nSPS) is 24.4. The van der Waals surface area contributed by atoms with Crippen molar-refractivity contribution in [3.63, 3.8) is 0 Å². The van der Waals surface area contributed by atoms with Crippen LogP contribution in [0.25, 0.3) is 0 Å². The minimum absolute atomic E-state index is 0.126. The van der Waals surface area contributed by atoms with Crippen molar-refractivity contribution in [1.82, 2.24) is 5.32 Å². The Labute approximate surface area is 92.9 Å². The second kappa shape index (κ2) is 4.81. The number of aliphatic hydroxyl groups is 2. The van der Waals surface area contributed by atoms with Gasteiger partial charge >= 0.3 is 0 Å². The molecular weight excluding hydrogens is 190 g/mol. The van der Waals surface area contributed by atoms with E-state index in [1.807, 2.05) is 20.8 Å². The van der Waals surface area contributed by atoms with Gasteiger partial charge in [-0.05, 0) is 25.7 Å². The Balaban J connectivity index is 2.47. The quantitative estimate of drug-likeness (QED) is 0.648. The summed E-state index contributed by atoms with van der Waals surface area (Å²) in [6.45, 7) is 6.63. The van der Waals surface area contributed by atoms with Crippen LogP contribution >= 0.6 is 0 Å². The summed E-state index contributed by atoms with van der Waals surface area (Å²) >= 11 is 0. The highest BCUT2D eigenvalue weighted by Gasteiger charge is 2.35. The lowest BCUT2D eigenvalue weighted by molar-refractivity contribution is 0.00252. The van der Waals surface area contributed by atoms with E-state index in [-0.39, 0.29) is 18.1 Å². The van der Waals surface area contributed by atoms with E-state index in [4.69, 9.17) is 0 Å². The molecule has 3 heteroatoms. The molecule has 0 saturated heterocycles. The first-order valence-corrected chi connectivity index (χ1v) is 6.00. The Morgan fingerprint density at radius 1 is 1.33 bits per heavy atom. The Bertz CT molecular complexity index is 196. The summed E-state index contributed by atoms with van der Waals surface area (Å²) in [7, 11) is 0. The van der Waals surface area contributed by atoms with E-state index in [0.29, 0.717) is 6.54 Å². The third-order valence-electron chi connectivity index (χ3n) is 3.93. The van der Waals surface area contributed by atoms with Gasteiger partial charge in [0.1, 0.15) is 0 Å². The topological polar surface area (TPSA) is 52.5 Å². The minimum atomic E-state index is -0.690. The van der Waals surface area contributed by atoms with Crippen LogP contribution in [-0.2, 0) is 0 Å². The number of nitrogens with one attached hydrogen (secondary N) is 1. The molecule has 0 bridgehead atoms. The molecule has 0 spiro atoms. The lowest BCUT2D eigenvalue weighted by Crippen LogP contribution is -2.53. The maximum atomic E-state index is 10.1. The van der Waals surface area contributed by atoms with Crippen LogP contribution in [-0.4, -0.2) is 34.5 Å². The predicted octanol–water partition coefficient (Wildman–Crippen LogP) is 1.29. The first kappa shape index (κ1) is 12.9. The lowest BCUT2D eigenvalue weighted by Gasteiger charge is -2.35. The van der Waals surface area contributed by atoms with Gasteiger partial charge in [0, 0.05) is 12.1 Å². The highest BCUT2D eigenvalue weighted by atomic mass is 16.3. The van der Waals surface area contributed by atoms with Gasteiger partial charge in [-0.25, -0.2) is 0 Å². The van der Waals surface area contributed by atoms with E-state index in [1.165, 1.54) is 12.8 Å². The van der Waals surface area contributed by atoms with E-state index in [2.05, 4.69) is 5.32 Å². The number of hydrogen-bond acceptors (Lipinski definition) is 3. The standard InChI is InChI=1S/C12H25NO2/c1-10(2)11(3,15)8-13-12(9-14)6-4-5-7-12/h10,13-15H,4-9H2,1-3H3. The average Bonchev–Trinajstić information content (AvgIpc) is 2.64. The average molecular weight is 215 g/mol. The van der Waals surface area contributed by atoms with Crippen LogP contribution in [0.4, 0.5) is 0 Å². The van der Waals surface area contributed by atoms with Crippen LogP contribution in [0.3, 0.4) is 0 Å². The molecule has 0 aromatic rings. The van der Waals surface area contributed by atoms with Gasteiger partial charge in [-0.15, -0.1) is 0 Å². The number of rotatable bonds is 5.